The van der Waals surface area contributed by atoms with E-state index in [1.807, 2.05) is 13.8 Å². The minimum atomic E-state index is -3.96. The van der Waals surface area contributed by atoms with E-state index in [1.54, 1.807) is 0 Å². The zero-order chi connectivity index (χ0) is 17.4. The van der Waals surface area contributed by atoms with Crippen molar-refractivity contribution >= 4 is 16.0 Å². The number of ether oxygens (including phenoxy) is 1. The van der Waals surface area contributed by atoms with Crippen LogP contribution in [0.4, 0.5) is 4.39 Å². The van der Waals surface area contributed by atoms with Crippen LogP contribution in [0.5, 0.6) is 5.75 Å². The Bertz CT molecular complexity index is 709. The molecule has 0 aliphatic carbocycles. The summed E-state index contributed by atoms with van der Waals surface area (Å²) in [5, 5.41) is 9.15. The highest BCUT2D eigenvalue weighted by atomic mass is 32.2. The van der Waals surface area contributed by atoms with Gasteiger partial charge in [-0.05, 0) is 30.4 Å². The van der Waals surface area contributed by atoms with Gasteiger partial charge in [-0.1, -0.05) is 13.8 Å². The lowest BCUT2D eigenvalue weighted by Gasteiger charge is -2.34. The third-order valence-corrected chi connectivity index (χ3v) is 5.73. The fourth-order valence-electron chi connectivity index (χ4n) is 3.03. The SMILES string of the molecule is COc1c(F)cc(S(=O)(=O)N2C[C@H](C)C[C@H](C)C2)cc1C(=O)O. The van der Waals surface area contributed by atoms with Crippen molar-refractivity contribution in [2.75, 3.05) is 20.2 Å². The molecular weight excluding hydrogens is 325 g/mol. The molecule has 1 aliphatic heterocycles. The molecule has 1 aliphatic rings. The third kappa shape index (κ3) is 3.48. The van der Waals surface area contributed by atoms with Crippen LogP contribution in [-0.2, 0) is 10.0 Å². The minimum absolute atomic E-state index is 0.190. The van der Waals surface area contributed by atoms with E-state index in [1.165, 1.54) is 4.31 Å². The van der Waals surface area contributed by atoms with Gasteiger partial charge in [0.25, 0.3) is 0 Å². The molecule has 1 N–H and O–H groups in total. The van der Waals surface area contributed by atoms with Crippen LogP contribution in [0.25, 0.3) is 0 Å². The number of hydrogen-bond acceptors (Lipinski definition) is 4. The summed E-state index contributed by atoms with van der Waals surface area (Å²) >= 11 is 0. The van der Waals surface area contributed by atoms with Gasteiger partial charge in [0.1, 0.15) is 5.56 Å². The van der Waals surface area contributed by atoms with Crippen molar-refractivity contribution in [2.45, 2.75) is 25.2 Å². The number of nitrogens with zero attached hydrogens (tertiary/aromatic N) is 1. The number of carbonyl (C=O) groups is 1. The van der Waals surface area contributed by atoms with Crippen molar-refractivity contribution in [2.24, 2.45) is 11.8 Å². The predicted molar refractivity (Wildman–Crippen MR) is 81.6 cm³/mol. The highest BCUT2D eigenvalue weighted by Gasteiger charge is 2.33. The molecule has 2 atom stereocenters. The van der Waals surface area contributed by atoms with Crippen molar-refractivity contribution in [1.29, 1.82) is 0 Å². The van der Waals surface area contributed by atoms with Gasteiger partial charge in [-0.25, -0.2) is 17.6 Å². The zero-order valence-corrected chi connectivity index (χ0v) is 14.1. The molecule has 2 rings (SSSR count). The second-order valence-electron chi connectivity index (χ2n) is 6.06. The maximum absolute atomic E-state index is 14.1. The molecule has 1 aromatic carbocycles. The Labute approximate surface area is 134 Å². The van der Waals surface area contributed by atoms with E-state index in [9.17, 15) is 17.6 Å². The van der Waals surface area contributed by atoms with Gasteiger partial charge in [0, 0.05) is 13.1 Å². The highest BCUT2D eigenvalue weighted by molar-refractivity contribution is 7.89. The lowest BCUT2D eigenvalue weighted by molar-refractivity contribution is 0.0692. The summed E-state index contributed by atoms with van der Waals surface area (Å²) in [6, 6.07) is 1.76. The van der Waals surface area contributed by atoms with Gasteiger partial charge in [0.15, 0.2) is 11.6 Å². The summed E-state index contributed by atoms with van der Waals surface area (Å²) in [5.41, 5.74) is -0.510. The van der Waals surface area contributed by atoms with Crippen LogP contribution in [0.2, 0.25) is 0 Å². The quantitative estimate of drug-likeness (QED) is 0.904. The number of piperidine rings is 1. The first-order valence-electron chi connectivity index (χ1n) is 7.27. The Morgan fingerprint density at radius 2 is 1.87 bits per heavy atom. The van der Waals surface area contributed by atoms with E-state index in [-0.39, 0.29) is 16.7 Å². The molecular formula is C15H20FNO5S. The number of aromatic carboxylic acids is 1. The molecule has 0 amide bonds. The molecule has 6 nitrogen and oxygen atoms in total. The summed E-state index contributed by atoms with van der Waals surface area (Å²) < 4.78 is 45.5. The normalized spacial score (nSPS) is 22.8. The smallest absolute Gasteiger partial charge is 0.339 e. The number of rotatable bonds is 4. The fraction of sp³-hybridized carbons (Fsp3) is 0.533. The molecule has 0 saturated carbocycles. The summed E-state index contributed by atoms with van der Waals surface area (Å²) in [5.74, 6) is -2.55. The van der Waals surface area contributed by atoms with E-state index < -0.39 is 33.1 Å². The van der Waals surface area contributed by atoms with Gasteiger partial charge in [-0.3, -0.25) is 0 Å². The monoisotopic (exact) mass is 345 g/mol. The first-order chi connectivity index (χ1) is 10.7. The molecule has 0 radical (unpaired) electrons. The summed E-state index contributed by atoms with van der Waals surface area (Å²) in [6.07, 6.45) is 0.920. The molecule has 128 valence electrons. The molecule has 0 aromatic heterocycles. The van der Waals surface area contributed by atoms with Gasteiger partial charge < -0.3 is 9.84 Å². The van der Waals surface area contributed by atoms with E-state index in [0.29, 0.717) is 13.1 Å². The lowest BCUT2D eigenvalue weighted by Crippen LogP contribution is -2.42. The maximum atomic E-state index is 14.1. The number of hydrogen-bond donors (Lipinski definition) is 1. The van der Waals surface area contributed by atoms with Crippen LogP contribution in [0, 0.1) is 17.7 Å². The number of benzene rings is 1. The summed E-state index contributed by atoms with van der Waals surface area (Å²) in [7, 11) is -2.82. The Morgan fingerprint density at radius 1 is 1.30 bits per heavy atom. The Balaban J connectivity index is 2.50. The molecule has 1 heterocycles. The number of carboxylic acid groups (broad SMARTS) is 1. The molecule has 0 bridgehead atoms. The minimum Gasteiger partial charge on any atom is -0.493 e. The van der Waals surface area contributed by atoms with E-state index in [2.05, 4.69) is 0 Å². The Morgan fingerprint density at radius 3 is 2.35 bits per heavy atom. The third-order valence-electron chi connectivity index (χ3n) is 3.92. The van der Waals surface area contributed by atoms with Crippen LogP contribution in [0.15, 0.2) is 17.0 Å². The van der Waals surface area contributed by atoms with Crippen LogP contribution in [-0.4, -0.2) is 44.0 Å². The number of halogens is 1. The fourth-order valence-corrected chi connectivity index (χ4v) is 4.75. The van der Waals surface area contributed by atoms with Crippen LogP contribution in [0.1, 0.15) is 30.6 Å². The van der Waals surface area contributed by atoms with Gasteiger partial charge in [-0.2, -0.15) is 4.31 Å². The van der Waals surface area contributed by atoms with Crippen LogP contribution in [0.3, 0.4) is 0 Å². The maximum Gasteiger partial charge on any atom is 0.339 e. The van der Waals surface area contributed by atoms with Gasteiger partial charge in [0.2, 0.25) is 10.0 Å². The second-order valence-corrected chi connectivity index (χ2v) is 8.00. The average molecular weight is 345 g/mol. The summed E-state index contributed by atoms with van der Waals surface area (Å²) in [6.45, 7) is 4.58. The van der Waals surface area contributed by atoms with Gasteiger partial charge >= 0.3 is 5.97 Å². The van der Waals surface area contributed by atoms with E-state index >= 15 is 0 Å². The standard InChI is InChI=1S/C15H20FNO5S/c1-9-4-10(2)8-17(7-9)23(20,21)11-5-12(15(18)19)14(22-3)13(16)6-11/h5-6,9-10H,4,7-8H2,1-3H3,(H,18,19)/t9-,10+. The van der Waals surface area contributed by atoms with Crippen LogP contribution >= 0.6 is 0 Å². The molecule has 0 spiro atoms. The van der Waals surface area contributed by atoms with Crippen molar-refractivity contribution in [3.05, 3.63) is 23.5 Å². The molecule has 1 fully saturated rings. The topological polar surface area (TPSA) is 83.9 Å². The lowest BCUT2D eigenvalue weighted by atomic mass is 9.94. The van der Waals surface area contributed by atoms with Crippen molar-refractivity contribution in [1.82, 2.24) is 4.31 Å². The largest absolute Gasteiger partial charge is 0.493 e. The molecule has 23 heavy (non-hydrogen) atoms. The average Bonchev–Trinajstić information content (AvgIpc) is 2.45. The Kier molecular flexibility index (Phi) is 4.95. The molecule has 0 unspecified atom stereocenters. The highest BCUT2D eigenvalue weighted by Crippen LogP contribution is 2.31. The molecule has 1 saturated heterocycles. The van der Waals surface area contributed by atoms with Crippen LogP contribution < -0.4 is 4.74 Å². The van der Waals surface area contributed by atoms with Crippen molar-refractivity contribution in [3.8, 4) is 5.75 Å². The van der Waals surface area contributed by atoms with E-state index in [0.717, 1.165) is 25.7 Å². The van der Waals surface area contributed by atoms with Gasteiger partial charge in [0.05, 0.1) is 12.0 Å². The van der Waals surface area contributed by atoms with E-state index in [4.69, 9.17) is 9.84 Å². The Hall–Kier alpha value is -1.67. The number of carboxylic acids is 1. The van der Waals surface area contributed by atoms with Crippen molar-refractivity contribution in [3.63, 3.8) is 0 Å². The zero-order valence-electron chi connectivity index (χ0n) is 13.2. The summed E-state index contributed by atoms with van der Waals surface area (Å²) in [4.78, 5) is 10.9. The first kappa shape index (κ1) is 17.7. The van der Waals surface area contributed by atoms with Gasteiger partial charge in [-0.15, -0.1) is 0 Å². The molecule has 8 heteroatoms. The van der Waals surface area contributed by atoms with Crippen molar-refractivity contribution < 1.29 is 27.4 Å². The number of methoxy groups -OCH3 is 1. The second kappa shape index (κ2) is 6.45. The number of sulfonamides is 1. The predicted octanol–water partition coefficient (Wildman–Crippen LogP) is 2.20. The first-order valence-corrected chi connectivity index (χ1v) is 8.71. The molecule has 1 aromatic rings.